The van der Waals surface area contributed by atoms with E-state index in [-0.39, 0.29) is 23.1 Å². The molecule has 0 radical (unpaired) electrons. The zero-order valence-corrected chi connectivity index (χ0v) is 13.1. The molecular formula is C16H17N3O5. The Bertz CT molecular complexity index is 732. The van der Waals surface area contributed by atoms with Gasteiger partial charge in [0.05, 0.1) is 16.8 Å². The number of fused-ring (bicyclic) bond motifs is 1. The number of carbonyl (C=O) groups is 3. The van der Waals surface area contributed by atoms with Crippen LogP contribution in [-0.2, 0) is 9.59 Å². The Morgan fingerprint density at radius 3 is 2.67 bits per heavy atom. The van der Waals surface area contributed by atoms with E-state index in [1.807, 2.05) is 6.92 Å². The lowest BCUT2D eigenvalue weighted by Gasteiger charge is -2.25. The first-order valence-corrected chi connectivity index (χ1v) is 7.81. The highest BCUT2D eigenvalue weighted by molar-refractivity contribution is 6.07. The summed E-state index contributed by atoms with van der Waals surface area (Å²) < 4.78 is 0. The number of non-ortho nitro benzene ring substituents is 1. The summed E-state index contributed by atoms with van der Waals surface area (Å²) in [6.45, 7) is 2.04. The average molecular weight is 331 g/mol. The Morgan fingerprint density at radius 2 is 1.96 bits per heavy atom. The van der Waals surface area contributed by atoms with Crippen LogP contribution in [0.2, 0.25) is 0 Å². The number of nitrogens with zero attached hydrogens (tertiary/aromatic N) is 2. The zero-order valence-electron chi connectivity index (χ0n) is 13.1. The van der Waals surface area contributed by atoms with Crippen LogP contribution in [0.15, 0.2) is 24.3 Å². The first-order chi connectivity index (χ1) is 11.4. The summed E-state index contributed by atoms with van der Waals surface area (Å²) in [7, 11) is 0. The van der Waals surface area contributed by atoms with Crippen LogP contribution >= 0.6 is 0 Å². The number of carbonyl (C=O) groups excluding carboxylic acids is 3. The van der Waals surface area contributed by atoms with Gasteiger partial charge in [-0.3, -0.25) is 29.9 Å². The van der Waals surface area contributed by atoms with Gasteiger partial charge in [0.15, 0.2) is 0 Å². The molecule has 126 valence electrons. The van der Waals surface area contributed by atoms with Crippen LogP contribution in [0.25, 0.3) is 0 Å². The van der Waals surface area contributed by atoms with Crippen LogP contribution in [0.5, 0.6) is 0 Å². The number of rotatable bonds is 3. The van der Waals surface area contributed by atoms with Gasteiger partial charge in [0.25, 0.3) is 23.4 Å². The number of nitro benzene ring substituents is 1. The van der Waals surface area contributed by atoms with E-state index in [1.165, 1.54) is 18.2 Å². The van der Waals surface area contributed by atoms with Crippen molar-refractivity contribution in [2.75, 3.05) is 0 Å². The van der Waals surface area contributed by atoms with Crippen molar-refractivity contribution in [3.63, 3.8) is 0 Å². The molecule has 0 bridgehead atoms. The molecule has 1 saturated carbocycles. The van der Waals surface area contributed by atoms with Gasteiger partial charge in [0.2, 0.25) is 0 Å². The number of nitrogens with one attached hydrogen (secondary N) is 1. The molecule has 1 N–H and O–H groups in total. The van der Waals surface area contributed by atoms with E-state index >= 15 is 0 Å². The first-order valence-electron chi connectivity index (χ1n) is 7.81. The summed E-state index contributed by atoms with van der Waals surface area (Å²) in [6.07, 6.45) is 2.16. The number of hydrogen-bond acceptors (Lipinski definition) is 5. The van der Waals surface area contributed by atoms with E-state index in [4.69, 9.17) is 0 Å². The molecule has 3 atom stereocenters. The summed E-state index contributed by atoms with van der Waals surface area (Å²) >= 11 is 0. The maximum atomic E-state index is 12.4. The van der Waals surface area contributed by atoms with Gasteiger partial charge in [-0.15, -0.1) is 0 Å². The highest BCUT2D eigenvalue weighted by Gasteiger charge is 2.50. The highest BCUT2D eigenvalue weighted by atomic mass is 16.6. The second-order valence-corrected chi connectivity index (χ2v) is 6.39. The molecule has 8 nitrogen and oxygen atoms in total. The number of hydrogen-bond donors (Lipinski definition) is 1. The van der Waals surface area contributed by atoms with E-state index in [9.17, 15) is 24.5 Å². The third kappa shape index (κ3) is 2.75. The molecule has 0 aromatic heterocycles. The lowest BCUT2D eigenvalue weighted by Crippen LogP contribution is -2.46. The summed E-state index contributed by atoms with van der Waals surface area (Å²) in [5.74, 6) is -1.89. The largest absolute Gasteiger partial charge is 0.272 e. The van der Waals surface area contributed by atoms with Crippen LogP contribution in [0, 0.1) is 27.9 Å². The van der Waals surface area contributed by atoms with Gasteiger partial charge >= 0.3 is 0 Å². The van der Waals surface area contributed by atoms with E-state index in [1.54, 1.807) is 0 Å². The lowest BCUT2D eigenvalue weighted by atomic mass is 9.76. The number of imide groups is 1. The van der Waals surface area contributed by atoms with Crippen molar-refractivity contribution >= 4 is 23.4 Å². The molecule has 1 saturated heterocycles. The van der Waals surface area contributed by atoms with E-state index < -0.39 is 22.6 Å². The molecule has 1 aliphatic heterocycles. The third-order valence-corrected chi connectivity index (χ3v) is 4.72. The van der Waals surface area contributed by atoms with Gasteiger partial charge in [-0.2, -0.15) is 5.01 Å². The third-order valence-electron chi connectivity index (χ3n) is 4.72. The van der Waals surface area contributed by atoms with Gasteiger partial charge in [-0.25, -0.2) is 0 Å². The Morgan fingerprint density at radius 1 is 1.25 bits per heavy atom. The Labute approximate surface area is 137 Å². The van der Waals surface area contributed by atoms with Crippen molar-refractivity contribution in [3.8, 4) is 0 Å². The monoisotopic (exact) mass is 331 g/mol. The quantitative estimate of drug-likeness (QED) is 0.514. The second kappa shape index (κ2) is 6.03. The molecule has 3 rings (SSSR count). The van der Waals surface area contributed by atoms with Gasteiger partial charge < -0.3 is 0 Å². The molecule has 3 amide bonds. The molecule has 1 aromatic carbocycles. The molecule has 1 aromatic rings. The van der Waals surface area contributed by atoms with Gasteiger partial charge in [-0.1, -0.05) is 13.0 Å². The minimum atomic E-state index is -0.716. The minimum absolute atomic E-state index is 0.0213. The molecule has 0 spiro atoms. The Kier molecular flexibility index (Phi) is 4.04. The van der Waals surface area contributed by atoms with Crippen LogP contribution in [-0.4, -0.2) is 27.7 Å². The number of nitro groups is 1. The summed E-state index contributed by atoms with van der Waals surface area (Å²) in [4.78, 5) is 47.2. The summed E-state index contributed by atoms with van der Waals surface area (Å²) in [5, 5.41) is 11.6. The maximum absolute atomic E-state index is 12.4. The lowest BCUT2D eigenvalue weighted by molar-refractivity contribution is -0.384. The van der Waals surface area contributed by atoms with Crippen molar-refractivity contribution in [2.45, 2.75) is 26.2 Å². The fourth-order valence-electron chi connectivity index (χ4n) is 3.43. The molecule has 1 heterocycles. The maximum Gasteiger partial charge on any atom is 0.270 e. The smallest absolute Gasteiger partial charge is 0.270 e. The van der Waals surface area contributed by atoms with Crippen molar-refractivity contribution in [1.29, 1.82) is 0 Å². The highest BCUT2D eigenvalue weighted by Crippen LogP contribution is 2.39. The normalized spacial score (nSPS) is 26.2. The van der Waals surface area contributed by atoms with Crippen LogP contribution in [0.3, 0.4) is 0 Å². The predicted molar refractivity (Wildman–Crippen MR) is 82.4 cm³/mol. The Hall–Kier alpha value is -2.77. The van der Waals surface area contributed by atoms with Crippen molar-refractivity contribution in [1.82, 2.24) is 10.4 Å². The molecule has 2 aliphatic rings. The van der Waals surface area contributed by atoms with E-state index in [2.05, 4.69) is 5.43 Å². The van der Waals surface area contributed by atoms with Gasteiger partial charge in [0.1, 0.15) is 0 Å². The van der Waals surface area contributed by atoms with Crippen molar-refractivity contribution in [3.05, 3.63) is 39.9 Å². The molecule has 2 fully saturated rings. The van der Waals surface area contributed by atoms with Crippen LogP contribution in [0.4, 0.5) is 5.69 Å². The second-order valence-electron chi connectivity index (χ2n) is 6.39. The number of amides is 3. The van der Waals surface area contributed by atoms with E-state index in [0.717, 1.165) is 17.5 Å². The molecule has 24 heavy (non-hydrogen) atoms. The van der Waals surface area contributed by atoms with Crippen LogP contribution in [0.1, 0.15) is 36.5 Å². The minimum Gasteiger partial charge on any atom is -0.272 e. The van der Waals surface area contributed by atoms with Crippen molar-refractivity contribution < 1.29 is 19.3 Å². The fourth-order valence-corrected chi connectivity index (χ4v) is 3.43. The average Bonchev–Trinajstić information content (AvgIpc) is 2.79. The SMILES string of the molecule is C[C@@H]1CC[C@H]2C(=O)N(NC(=O)c3cccc([N+](=O)[O-])c3)C(=O)[C@@H]2C1. The zero-order chi connectivity index (χ0) is 17.4. The standard InChI is InChI=1S/C16H17N3O5/c1-9-5-6-12-13(7-9)16(22)18(15(12)21)17-14(20)10-3-2-4-11(8-10)19(23)24/h2-4,8-9,12-13H,5-7H2,1H3,(H,17,20)/t9-,12-,13-/m1/s1. The first kappa shape index (κ1) is 16.1. The number of benzene rings is 1. The Balaban J connectivity index is 1.77. The van der Waals surface area contributed by atoms with Gasteiger partial charge in [-0.05, 0) is 31.2 Å². The van der Waals surface area contributed by atoms with Crippen LogP contribution < -0.4 is 5.43 Å². The molecule has 8 heteroatoms. The molecular weight excluding hydrogens is 314 g/mol. The molecule has 1 aliphatic carbocycles. The topological polar surface area (TPSA) is 110 Å². The summed E-state index contributed by atoms with van der Waals surface area (Å²) in [6, 6.07) is 5.14. The predicted octanol–water partition coefficient (Wildman–Crippen LogP) is 1.66. The fraction of sp³-hybridized carbons (Fsp3) is 0.438. The van der Waals surface area contributed by atoms with Crippen molar-refractivity contribution in [2.24, 2.45) is 17.8 Å². The molecule has 0 unspecified atom stereocenters. The number of hydrazine groups is 1. The van der Waals surface area contributed by atoms with E-state index in [0.29, 0.717) is 18.8 Å². The van der Waals surface area contributed by atoms with Gasteiger partial charge in [0, 0.05) is 17.7 Å². The summed E-state index contributed by atoms with van der Waals surface area (Å²) in [5.41, 5.74) is 2.09.